The van der Waals surface area contributed by atoms with Crippen LogP contribution in [0.25, 0.3) is 22.2 Å². The number of fused-ring (bicyclic) bond motifs is 1. The Morgan fingerprint density at radius 3 is 2.62 bits per heavy atom. The van der Waals surface area contributed by atoms with Crippen LogP contribution in [0, 0.1) is 0 Å². The van der Waals surface area contributed by atoms with Gasteiger partial charge >= 0.3 is 0 Å². The molecule has 2 nitrogen and oxygen atoms in total. The molecule has 0 unspecified atom stereocenters. The fourth-order valence-corrected chi connectivity index (χ4v) is 4.23. The van der Waals surface area contributed by atoms with Crippen molar-refractivity contribution in [3.8, 4) is 11.3 Å². The first-order valence-electron chi connectivity index (χ1n) is 8.63. The first-order chi connectivity index (χ1) is 11.8. The minimum absolute atomic E-state index is 0.556. The number of aromatic amines is 1. The molecule has 122 valence electrons. The number of carbonyl (C=O) groups is 1. The maximum Gasteiger partial charge on any atom is 0.150 e. The van der Waals surface area contributed by atoms with Crippen molar-refractivity contribution in [1.29, 1.82) is 0 Å². The van der Waals surface area contributed by atoms with Crippen LogP contribution in [0.5, 0.6) is 0 Å². The van der Waals surface area contributed by atoms with E-state index in [9.17, 15) is 4.79 Å². The van der Waals surface area contributed by atoms with Gasteiger partial charge in [-0.1, -0.05) is 55.1 Å². The van der Waals surface area contributed by atoms with E-state index in [1.807, 2.05) is 12.1 Å². The van der Waals surface area contributed by atoms with Crippen LogP contribution in [0.15, 0.2) is 42.5 Å². The first kappa shape index (κ1) is 15.5. The zero-order chi connectivity index (χ0) is 16.5. The molecule has 0 atom stereocenters. The summed E-state index contributed by atoms with van der Waals surface area (Å²) in [7, 11) is 0. The van der Waals surface area contributed by atoms with Crippen LogP contribution in [0.1, 0.15) is 53.9 Å². The Balaban J connectivity index is 1.96. The minimum Gasteiger partial charge on any atom is -0.354 e. The molecular formula is C21H20ClNO. The molecule has 4 rings (SSSR count). The van der Waals surface area contributed by atoms with E-state index >= 15 is 0 Å². The summed E-state index contributed by atoms with van der Waals surface area (Å²) in [6, 6.07) is 14.0. The second kappa shape index (κ2) is 6.45. The van der Waals surface area contributed by atoms with Crippen molar-refractivity contribution in [2.24, 2.45) is 0 Å². The van der Waals surface area contributed by atoms with Gasteiger partial charge in [0.05, 0.1) is 5.69 Å². The van der Waals surface area contributed by atoms with Crippen LogP contribution in [0.2, 0.25) is 5.02 Å². The van der Waals surface area contributed by atoms with Crippen LogP contribution < -0.4 is 0 Å². The Labute approximate surface area is 146 Å². The Morgan fingerprint density at radius 1 is 1.04 bits per heavy atom. The highest BCUT2D eigenvalue weighted by atomic mass is 35.5. The minimum atomic E-state index is 0.556. The topological polar surface area (TPSA) is 32.9 Å². The lowest BCUT2D eigenvalue weighted by Crippen LogP contribution is -2.05. The number of nitrogens with one attached hydrogen (secondary N) is 1. The number of H-pyrrole nitrogens is 1. The number of aldehydes is 1. The molecule has 0 bridgehead atoms. The molecule has 1 aliphatic rings. The van der Waals surface area contributed by atoms with E-state index in [1.54, 1.807) is 6.07 Å². The van der Waals surface area contributed by atoms with Crippen LogP contribution >= 0.6 is 11.6 Å². The lowest BCUT2D eigenvalue weighted by Gasteiger charge is -2.23. The molecule has 3 heteroatoms. The molecule has 0 saturated heterocycles. The molecule has 1 saturated carbocycles. The molecule has 1 fully saturated rings. The maximum absolute atomic E-state index is 11.6. The van der Waals surface area contributed by atoms with Gasteiger partial charge in [-0.05, 0) is 42.5 Å². The Bertz CT molecular complexity index is 890. The van der Waals surface area contributed by atoms with E-state index in [-0.39, 0.29) is 0 Å². The molecule has 1 aliphatic carbocycles. The number of benzene rings is 2. The number of halogens is 1. The van der Waals surface area contributed by atoms with Gasteiger partial charge in [0.15, 0.2) is 6.29 Å². The van der Waals surface area contributed by atoms with E-state index in [4.69, 9.17) is 11.6 Å². The molecule has 2 aromatic carbocycles. The quantitative estimate of drug-likeness (QED) is 0.555. The molecule has 0 amide bonds. The summed E-state index contributed by atoms with van der Waals surface area (Å²) in [6.45, 7) is 0. The number of para-hydroxylation sites is 1. The van der Waals surface area contributed by atoms with Gasteiger partial charge in [-0.3, -0.25) is 4.79 Å². The van der Waals surface area contributed by atoms with Gasteiger partial charge in [-0.2, -0.15) is 0 Å². The van der Waals surface area contributed by atoms with Crippen molar-refractivity contribution in [2.75, 3.05) is 0 Å². The summed E-state index contributed by atoms with van der Waals surface area (Å²) in [5.74, 6) is 0.556. The van der Waals surface area contributed by atoms with Gasteiger partial charge in [-0.15, -0.1) is 0 Å². The van der Waals surface area contributed by atoms with Gasteiger partial charge in [-0.25, -0.2) is 0 Å². The van der Waals surface area contributed by atoms with Gasteiger partial charge in [0.1, 0.15) is 0 Å². The predicted molar refractivity (Wildman–Crippen MR) is 100.0 cm³/mol. The molecule has 24 heavy (non-hydrogen) atoms. The first-order valence-corrected chi connectivity index (χ1v) is 9.01. The van der Waals surface area contributed by atoms with E-state index < -0.39 is 0 Å². The molecule has 1 aromatic heterocycles. The van der Waals surface area contributed by atoms with Crippen molar-refractivity contribution >= 4 is 28.8 Å². The molecule has 1 N–H and O–H groups in total. The average Bonchev–Trinajstić information content (AvgIpc) is 3.01. The highest BCUT2D eigenvalue weighted by Crippen LogP contribution is 2.42. The highest BCUT2D eigenvalue weighted by Gasteiger charge is 2.24. The van der Waals surface area contributed by atoms with Crippen LogP contribution in [-0.4, -0.2) is 11.3 Å². The molecule has 1 heterocycles. The Kier molecular flexibility index (Phi) is 4.15. The van der Waals surface area contributed by atoms with E-state index in [2.05, 4.69) is 29.2 Å². The SMILES string of the molecule is O=Cc1cc(Cl)ccc1-c1[nH]c2ccccc2c1C1CCCCC1. The molecule has 0 aliphatic heterocycles. The smallest absolute Gasteiger partial charge is 0.150 e. The standard InChI is InChI=1S/C21H20ClNO/c22-16-10-11-17(15(12-16)13-24)21-20(14-6-2-1-3-7-14)18-8-4-5-9-19(18)23-21/h4-5,8-14,23H,1-3,6-7H2. The summed E-state index contributed by atoms with van der Waals surface area (Å²) < 4.78 is 0. The maximum atomic E-state index is 11.6. The van der Waals surface area contributed by atoms with Gasteiger partial charge in [0.25, 0.3) is 0 Å². The van der Waals surface area contributed by atoms with Gasteiger partial charge in [0.2, 0.25) is 0 Å². The zero-order valence-electron chi connectivity index (χ0n) is 13.5. The number of rotatable bonds is 3. The number of hydrogen-bond acceptors (Lipinski definition) is 1. The molecular weight excluding hydrogens is 318 g/mol. The third kappa shape index (κ3) is 2.65. The lowest BCUT2D eigenvalue weighted by molar-refractivity contribution is 0.112. The molecule has 3 aromatic rings. The van der Waals surface area contributed by atoms with Crippen molar-refractivity contribution < 1.29 is 4.79 Å². The predicted octanol–water partition coefficient (Wildman–Crippen LogP) is 6.35. The number of hydrogen-bond donors (Lipinski definition) is 1. The fraction of sp³-hybridized carbons (Fsp3) is 0.286. The second-order valence-corrected chi connectivity index (χ2v) is 7.08. The third-order valence-corrected chi connectivity index (χ3v) is 5.40. The van der Waals surface area contributed by atoms with E-state index in [1.165, 1.54) is 43.1 Å². The van der Waals surface area contributed by atoms with Crippen molar-refractivity contribution in [3.63, 3.8) is 0 Å². The van der Waals surface area contributed by atoms with E-state index in [0.29, 0.717) is 16.5 Å². The van der Waals surface area contributed by atoms with Crippen molar-refractivity contribution in [2.45, 2.75) is 38.0 Å². The zero-order valence-corrected chi connectivity index (χ0v) is 14.3. The summed E-state index contributed by atoms with van der Waals surface area (Å²) in [4.78, 5) is 15.2. The Morgan fingerprint density at radius 2 is 1.83 bits per heavy atom. The lowest BCUT2D eigenvalue weighted by atomic mass is 9.81. The fourth-order valence-electron chi connectivity index (χ4n) is 4.05. The summed E-state index contributed by atoms with van der Waals surface area (Å²) in [5.41, 5.74) is 5.19. The largest absolute Gasteiger partial charge is 0.354 e. The monoisotopic (exact) mass is 337 g/mol. The molecule has 0 radical (unpaired) electrons. The summed E-state index contributed by atoms with van der Waals surface area (Å²) >= 11 is 6.08. The van der Waals surface area contributed by atoms with Crippen molar-refractivity contribution in [1.82, 2.24) is 4.98 Å². The third-order valence-electron chi connectivity index (χ3n) is 5.17. The Hall–Kier alpha value is -2.06. The van der Waals surface area contributed by atoms with Crippen LogP contribution in [-0.2, 0) is 0 Å². The molecule has 0 spiro atoms. The average molecular weight is 338 g/mol. The van der Waals surface area contributed by atoms with Gasteiger partial charge < -0.3 is 4.98 Å². The van der Waals surface area contributed by atoms with Crippen LogP contribution in [0.3, 0.4) is 0 Å². The summed E-state index contributed by atoms with van der Waals surface area (Å²) in [5, 5.41) is 1.88. The number of aromatic nitrogens is 1. The number of carbonyl (C=O) groups excluding carboxylic acids is 1. The normalized spacial score (nSPS) is 15.7. The highest BCUT2D eigenvalue weighted by molar-refractivity contribution is 6.31. The summed E-state index contributed by atoms with van der Waals surface area (Å²) in [6.07, 6.45) is 7.24. The van der Waals surface area contributed by atoms with Gasteiger partial charge in [0, 0.05) is 27.1 Å². The van der Waals surface area contributed by atoms with Crippen LogP contribution in [0.4, 0.5) is 0 Å². The van der Waals surface area contributed by atoms with Crippen molar-refractivity contribution in [3.05, 3.63) is 58.6 Å². The second-order valence-electron chi connectivity index (χ2n) is 6.64. The van der Waals surface area contributed by atoms with E-state index in [0.717, 1.165) is 23.1 Å².